The second-order valence-electron chi connectivity index (χ2n) is 4.66. The lowest BCUT2D eigenvalue weighted by molar-refractivity contribution is 0.0598. The lowest BCUT2D eigenvalue weighted by Crippen LogP contribution is -1.99. The Morgan fingerprint density at radius 2 is 2.00 bits per heavy atom. The summed E-state index contributed by atoms with van der Waals surface area (Å²) in [6.45, 7) is 3.99. The molecule has 0 bridgehead atoms. The molecule has 0 amide bonds. The van der Waals surface area contributed by atoms with Crippen LogP contribution in [-0.4, -0.2) is 22.8 Å². The Kier molecular flexibility index (Phi) is 3.34. The molecular formula is C15H17NO3. The zero-order valence-electron chi connectivity index (χ0n) is 11.5. The van der Waals surface area contributed by atoms with Crippen molar-refractivity contribution in [1.82, 2.24) is 4.57 Å². The topological polar surface area (TPSA) is 51.5 Å². The summed E-state index contributed by atoms with van der Waals surface area (Å²) in [4.78, 5) is 11.6. The van der Waals surface area contributed by atoms with Crippen LogP contribution in [0.25, 0.3) is 11.3 Å². The van der Waals surface area contributed by atoms with Gasteiger partial charge in [0.25, 0.3) is 0 Å². The molecule has 0 fully saturated rings. The van der Waals surface area contributed by atoms with Crippen molar-refractivity contribution in [1.29, 1.82) is 0 Å². The maximum atomic E-state index is 11.6. The van der Waals surface area contributed by atoms with Crippen LogP contribution in [0, 0.1) is 13.8 Å². The van der Waals surface area contributed by atoms with Crippen molar-refractivity contribution >= 4 is 5.97 Å². The van der Waals surface area contributed by atoms with Crippen LogP contribution in [0.5, 0.6) is 5.75 Å². The molecular weight excluding hydrogens is 242 g/mol. The van der Waals surface area contributed by atoms with Gasteiger partial charge in [-0.2, -0.15) is 0 Å². The molecule has 4 heteroatoms. The molecule has 0 atom stereocenters. The third-order valence-corrected chi connectivity index (χ3v) is 3.20. The van der Waals surface area contributed by atoms with Crippen LogP contribution < -0.4 is 0 Å². The van der Waals surface area contributed by atoms with Crippen molar-refractivity contribution in [2.45, 2.75) is 13.8 Å². The lowest BCUT2D eigenvalue weighted by Gasteiger charge is -2.09. The molecule has 0 aliphatic rings. The van der Waals surface area contributed by atoms with E-state index >= 15 is 0 Å². The summed E-state index contributed by atoms with van der Waals surface area (Å²) in [7, 11) is 3.09. The number of methoxy groups -OCH3 is 1. The highest BCUT2D eigenvalue weighted by Crippen LogP contribution is 2.35. The quantitative estimate of drug-likeness (QED) is 0.844. The largest absolute Gasteiger partial charge is 0.505 e. The van der Waals surface area contributed by atoms with Gasteiger partial charge in [-0.1, -0.05) is 23.8 Å². The average molecular weight is 259 g/mol. The normalized spacial score (nSPS) is 10.5. The van der Waals surface area contributed by atoms with E-state index in [0.717, 1.165) is 16.7 Å². The number of benzene rings is 1. The van der Waals surface area contributed by atoms with E-state index in [2.05, 4.69) is 4.74 Å². The minimum Gasteiger partial charge on any atom is -0.505 e. The van der Waals surface area contributed by atoms with E-state index in [1.54, 1.807) is 17.8 Å². The van der Waals surface area contributed by atoms with Gasteiger partial charge < -0.3 is 14.4 Å². The SMILES string of the molecule is COC(=O)c1cn(C)c(-c2ccc(C)cc2C)c1O. The minimum absolute atomic E-state index is 0.0405. The highest BCUT2D eigenvalue weighted by molar-refractivity contribution is 5.95. The van der Waals surface area contributed by atoms with Crippen LogP contribution in [0.1, 0.15) is 21.5 Å². The Morgan fingerprint density at radius 1 is 1.32 bits per heavy atom. The first-order valence-electron chi connectivity index (χ1n) is 6.00. The third kappa shape index (κ3) is 2.21. The first kappa shape index (κ1) is 13.2. The molecule has 0 saturated carbocycles. The molecule has 2 rings (SSSR count). The first-order chi connectivity index (χ1) is 8.95. The maximum Gasteiger partial charge on any atom is 0.343 e. The molecule has 0 aliphatic carbocycles. The predicted octanol–water partition coefficient (Wildman–Crippen LogP) is 2.80. The number of esters is 1. The zero-order chi connectivity index (χ0) is 14.2. The summed E-state index contributed by atoms with van der Waals surface area (Å²) >= 11 is 0. The van der Waals surface area contributed by atoms with Gasteiger partial charge in [0.15, 0.2) is 5.75 Å². The number of aryl methyl sites for hydroxylation is 3. The second-order valence-corrected chi connectivity index (χ2v) is 4.66. The van der Waals surface area contributed by atoms with Crippen LogP contribution in [0.15, 0.2) is 24.4 Å². The average Bonchev–Trinajstić information content (AvgIpc) is 2.65. The zero-order valence-corrected chi connectivity index (χ0v) is 11.5. The summed E-state index contributed by atoms with van der Waals surface area (Å²) < 4.78 is 6.39. The minimum atomic E-state index is -0.538. The van der Waals surface area contributed by atoms with Gasteiger partial charge in [0.1, 0.15) is 5.56 Å². The van der Waals surface area contributed by atoms with Crippen LogP contribution in [0.3, 0.4) is 0 Å². The number of nitrogens with zero attached hydrogens (tertiary/aromatic N) is 1. The number of aromatic nitrogens is 1. The monoisotopic (exact) mass is 259 g/mol. The molecule has 4 nitrogen and oxygen atoms in total. The van der Waals surface area contributed by atoms with Gasteiger partial charge in [0.2, 0.25) is 0 Å². The lowest BCUT2D eigenvalue weighted by atomic mass is 10.0. The molecule has 1 aromatic carbocycles. The van der Waals surface area contributed by atoms with Crippen molar-refractivity contribution in [2.75, 3.05) is 7.11 Å². The summed E-state index contributed by atoms with van der Waals surface area (Å²) in [5, 5.41) is 10.2. The number of hydrogen-bond acceptors (Lipinski definition) is 3. The smallest absolute Gasteiger partial charge is 0.343 e. The van der Waals surface area contributed by atoms with E-state index in [9.17, 15) is 9.90 Å². The molecule has 0 saturated heterocycles. The van der Waals surface area contributed by atoms with Crippen LogP contribution in [-0.2, 0) is 11.8 Å². The molecule has 0 unspecified atom stereocenters. The molecule has 100 valence electrons. The van der Waals surface area contributed by atoms with Gasteiger partial charge in [-0.25, -0.2) is 4.79 Å². The first-order valence-corrected chi connectivity index (χ1v) is 6.00. The van der Waals surface area contributed by atoms with Gasteiger partial charge in [-0.05, 0) is 19.4 Å². The van der Waals surface area contributed by atoms with Crippen molar-refractivity contribution in [2.24, 2.45) is 7.05 Å². The Morgan fingerprint density at radius 3 is 2.58 bits per heavy atom. The van der Waals surface area contributed by atoms with Gasteiger partial charge in [-0.3, -0.25) is 0 Å². The number of carbonyl (C=O) groups is 1. The van der Waals surface area contributed by atoms with E-state index in [4.69, 9.17) is 0 Å². The Labute approximate surface area is 112 Å². The van der Waals surface area contributed by atoms with Crippen LogP contribution in [0.2, 0.25) is 0 Å². The van der Waals surface area contributed by atoms with Crippen LogP contribution in [0.4, 0.5) is 0 Å². The van der Waals surface area contributed by atoms with E-state index < -0.39 is 5.97 Å². The molecule has 0 spiro atoms. The molecule has 2 aromatic rings. The molecule has 0 aliphatic heterocycles. The summed E-state index contributed by atoms with van der Waals surface area (Å²) in [5.41, 5.74) is 3.91. The van der Waals surface area contributed by atoms with E-state index in [-0.39, 0.29) is 11.3 Å². The van der Waals surface area contributed by atoms with E-state index in [1.165, 1.54) is 7.11 Å². The number of carbonyl (C=O) groups excluding carboxylic acids is 1. The highest BCUT2D eigenvalue weighted by Gasteiger charge is 2.21. The van der Waals surface area contributed by atoms with Crippen molar-refractivity contribution in [3.63, 3.8) is 0 Å². The number of ether oxygens (including phenoxy) is 1. The van der Waals surface area contributed by atoms with E-state index in [1.807, 2.05) is 32.0 Å². The van der Waals surface area contributed by atoms with Gasteiger partial charge in [-0.15, -0.1) is 0 Å². The van der Waals surface area contributed by atoms with Crippen molar-refractivity contribution in [3.05, 3.63) is 41.1 Å². The molecule has 1 heterocycles. The predicted molar refractivity (Wildman–Crippen MR) is 73.3 cm³/mol. The molecule has 1 N–H and O–H groups in total. The van der Waals surface area contributed by atoms with E-state index in [0.29, 0.717) is 5.69 Å². The summed E-state index contributed by atoms with van der Waals surface area (Å²) in [6, 6.07) is 5.97. The van der Waals surface area contributed by atoms with Crippen molar-refractivity contribution < 1.29 is 14.6 Å². The number of rotatable bonds is 2. The summed E-state index contributed by atoms with van der Waals surface area (Å²) in [5.74, 6) is -0.578. The fraction of sp³-hybridized carbons (Fsp3) is 0.267. The molecule has 0 radical (unpaired) electrons. The van der Waals surface area contributed by atoms with Gasteiger partial charge in [0, 0.05) is 18.8 Å². The second kappa shape index (κ2) is 4.80. The standard InChI is InChI=1S/C15H17NO3/c1-9-5-6-11(10(2)7-9)13-14(17)12(8-16(13)3)15(18)19-4/h5-8,17H,1-4H3. The third-order valence-electron chi connectivity index (χ3n) is 3.20. The van der Waals surface area contributed by atoms with Crippen molar-refractivity contribution in [3.8, 4) is 17.0 Å². The number of aromatic hydroxyl groups is 1. The Bertz CT molecular complexity index is 641. The van der Waals surface area contributed by atoms with Gasteiger partial charge in [0.05, 0.1) is 12.8 Å². The molecule has 19 heavy (non-hydrogen) atoms. The maximum absolute atomic E-state index is 11.6. The van der Waals surface area contributed by atoms with Gasteiger partial charge >= 0.3 is 5.97 Å². The fourth-order valence-corrected chi connectivity index (χ4v) is 2.27. The number of hydrogen-bond donors (Lipinski definition) is 1. The Balaban J connectivity index is 2.63. The Hall–Kier alpha value is -2.23. The molecule has 1 aromatic heterocycles. The highest BCUT2D eigenvalue weighted by atomic mass is 16.5. The fourth-order valence-electron chi connectivity index (χ4n) is 2.27. The summed E-state index contributed by atoms with van der Waals surface area (Å²) in [6.07, 6.45) is 1.58. The van der Waals surface area contributed by atoms with Crippen LogP contribution >= 0.6 is 0 Å².